The molecule has 0 saturated heterocycles. The molecule has 0 unspecified atom stereocenters. The predicted octanol–water partition coefficient (Wildman–Crippen LogP) is 2.15. The van der Waals surface area contributed by atoms with Crippen LogP contribution in [0.2, 0.25) is 0 Å². The van der Waals surface area contributed by atoms with E-state index in [1.807, 2.05) is 0 Å². The molecule has 0 radical (unpaired) electrons. The lowest BCUT2D eigenvalue weighted by atomic mass is 10.3. The summed E-state index contributed by atoms with van der Waals surface area (Å²) in [5, 5.41) is 8.71. The molecular weight excluding hydrogens is 265 g/mol. The SMILES string of the molecule is COc1ccc2nc(C(F)(F)F)n(CC(=O)O)c2c1. The third-order valence-electron chi connectivity index (χ3n) is 2.50. The molecule has 0 bridgehead atoms. The van der Waals surface area contributed by atoms with Gasteiger partial charge in [0.25, 0.3) is 0 Å². The summed E-state index contributed by atoms with van der Waals surface area (Å²) in [5.74, 6) is -2.29. The number of carbonyl (C=O) groups is 1. The number of nitrogens with zero attached hydrogens (tertiary/aromatic N) is 2. The average molecular weight is 274 g/mol. The van der Waals surface area contributed by atoms with Crippen LogP contribution < -0.4 is 4.74 Å². The van der Waals surface area contributed by atoms with E-state index in [-0.39, 0.29) is 11.0 Å². The van der Waals surface area contributed by atoms with Gasteiger partial charge in [-0.3, -0.25) is 4.79 Å². The zero-order valence-corrected chi connectivity index (χ0v) is 9.73. The van der Waals surface area contributed by atoms with Gasteiger partial charge in [0.1, 0.15) is 12.3 Å². The standard InChI is InChI=1S/C11H9F3N2O3/c1-19-6-2-3-7-8(4-6)16(5-9(17)18)10(15-7)11(12,13)14/h2-4H,5H2,1H3,(H,17,18). The minimum atomic E-state index is -4.72. The number of methoxy groups -OCH3 is 1. The van der Waals surface area contributed by atoms with Gasteiger partial charge in [-0.1, -0.05) is 0 Å². The summed E-state index contributed by atoms with van der Waals surface area (Å²) in [6.07, 6.45) is -4.72. The van der Waals surface area contributed by atoms with E-state index in [4.69, 9.17) is 9.84 Å². The van der Waals surface area contributed by atoms with Crippen LogP contribution in [-0.4, -0.2) is 27.7 Å². The topological polar surface area (TPSA) is 64.4 Å². The Hall–Kier alpha value is -2.25. The van der Waals surface area contributed by atoms with Crippen LogP contribution in [-0.2, 0) is 17.5 Å². The van der Waals surface area contributed by atoms with Crippen LogP contribution in [0.15, 0.2) is 18.2 Å². The molecule has 0 saturated carbocycles. The maximum Gasteiger partial charge on any atom is 0.449 e. The number of imidazole rings is 1. The summed E-state index contributed by atoms with van der Waals surface area (Å²) in [4.78, 5) is 14.1. The van der Waals surface area contributed by atoms with Gasteiger partial charge in [-0.25, -0.2) is 4.98 Å². The van der Waals surface area contributed by atoms with Crippen LogP contribution in [0.4, 0.5) is 13.2 Å². The highest BCUT2D eigenvalue weighted by Crippen LogP contribution is 2.32. The maximum atomic E-state index is 12.8. The number of rotatable bonds is 3. The van der Waals surface area contributed by atoms with E-state index in [1.165, 1.54) is 25.3 Å². The lowest BCUT2D eigenvalue weighted by Crippen LogP contribution is -2.18. The van der Waals surface area contributed by atoms with Gasteiger partial charge in [0, 0.05) is 6.07 Å². The number of carboxylic acid groups (broad SMARTS) is 1. The van der Waals surface area contributed by atoms with Gasteiger partial charge < -0.3 is 14.4 Å². The molecule has 0 aliphatic carbocycles. The first-order valence-electron chi connectivity index (χ1n) is 5.16. The summed E-state index contributed by atoms with van der Waals surface area (Å²) in [5.41, 5.74) is 0.128. The van der Waals surface area contributed by atoms with E-state index in [0.717, 1.165) is 0 Å². The van der Waals surface area contributed by atoms with Crippen molar-refractivity contribution in [1.29, 1.82) is 0 Å². The van der Waals surface area contributed by atoms with Crippen LogP contribution in [0.3, 0.4) is 0 Å². The van der Waals surface area contributed by atoms with Crippen molar-refractivity contribution in [2.45, 2.75) is 12.7 Å². The first-order chi connectivity index (χ1) is 8.82. The highest BCUT2D eigenvalue weighted by atomic mass is 19.4. The molecule has 0 spiro atoms. The Labute approximate surface area is 105 Å². The van der Waals surface area contributed by atoms with E-state index in [0.29, 0.717) is 10.3 Å². The number of ether oxygens (including phenoxy) is 1. The fraction of sp³-hybridized carbons (Fsp3) is 0.273. The Morgan fingerprint density at radius 2 is 2.16 bits per heavy atom. The zero-order valence-electron chi connectivity index (χ0n) is 9.73. The van der Waals surface area contributed by atoms with Crippen molar-refractivity contribution < 1.29 is 27.8 Å². The van der Waals surface area contributed by atoms with Gasteiger partial charge in [-0.05, 0) is 12.1 Å². The van der Waals surface area contributed by atoms with Crippen molar-refractivity contribution in [2.24, 2.45) is 0 Å². The summed E-state index contributed by atoms with van der Waals surface area (Å²) in [6, 6.07) is 4.13. The Morgan fingerprint density at radius 3 is 2.68 bits per heavy atom. The van der Waals surface area contributed by atoms with Crippen LogP contribution in [0.25, 0.3) is 11.0 Å². The number of aromatic nitrogens is 2. The summed E-state index contributed by atoms with van der Waals surface area (Å²) in [7, 11) is 1.36. The van der Waals surface area contributed by atoms with Crippen LogP contribution in [0, 0.1) is 0 Å². The number of aliphatic carboxylic acids is 1. The molecule has 0 atom stereocenters. The number of halogens is 3. The molecule has 0 aliphatic heterocycles. The van der Waals surface area contributed by atoms with Gasteiger partial charge in [0.15, 0.2) is 0 Å². The second-order valence-electron chi connectivity index (χ2n) is 3.77. The maximum absolute atomic E-state index is 12.8. The van der Waals surface area contributed by atoms with E-state index < -0.39 is 24.5 Å². The van der Waals surface area contributed by atoms with Crippen LogP contribution in [0.1, 0.15) is 5.82 Å². The zero-order chi connectivity index (χ0) is 14.2. The lowest BCUT2D eigenvalue weighted by molar-refractivity contribution is -0.148. The van der Waals surface area contributed by atoms with Crippen molar-refractivity contribution in [2.75, 3.05) is 7.11 Å². The molecule has 1 N–H and O–H groups in total. The first kappa shape index (κ1) is 13.2. The molecule has 1 heterocycles. The molecule has 1 aromatic heterocycles. The molecule has 2 rings (SSSR count). The molecule has 5 nitrogen and oxygen atoms in total. The van der Waals surface area contributed by atoms with Crippen molar-refractivity contribution in [1.82, 2.24) is 9.55 Å². The second kappa shape index (κ2) is 4.45. The Kier molecular flexibility index (Phi) is 3.09. The van der Waals surface area contributed by atoms with E-state index in [9.17, 15) is 18.0 Å². The molecule has 2 aromatic rings. The Bertz CT molecular complexity index is 634. The minimum Gasteiger partial charge on any atom is -0.497 e. The fourth-order valence-electron chi connectivity index (χ4n) is 1.74. The number of hydrogen-bond acceptors (Lipinski definition) is 3. The number of benzene rings is 1. The molecule has 19 heavy (non-hydrogen) atoms. The smallest absolute Gasteiger partial charge is 0.449 e. The normalized spacial score (nSPS) is 11.8. The third kappa shape index (κ3) is 2.47. The molecule has 0 amide bonds. The van der Waals surface area contributed by atoms with Crippen LogP contribution in [0.5, 0.6) is 5.75 Å². The van der Waals surface area contributed by atoms with Crippen molar-refractivity contribution >= 4 is 17.0 Å². The van der Waals surface area contributed by atoms with Gasteiger partial charge in [0.05, 0.1) is 18.1 Å². The quantitative estimate of drug-likeness (QED) is 0.931. The van der Waals surface area contributed by atoms with Gasteiger partial charge in [-0.2, -0.15) is 13.2 Å². The fourth-order valence-corrected chi connectivity index (χ4v) is 1.74. The van der Waals surface area contributed by atoms with E-state index in [1.54, 1.807) is 0 Å². The van der Waals surface area contributed by atoms with E-state index in [2.05, 4.69) is 4.98 Å². The molecule has 0 fully saturated rings. The molecule has 8 heteroatoms. The molecule has 0 aliphatic rings. The largest absolute Gasteiger partial charge is 0.497 e. The van der Waals surface area contributed by atoms with Crippen LogP contribution >= 0.6 is 0 Å². The number of fused-ring (bicyclic) bond motifs is 1. The third-order valence-corrected chi connectivity index (χ3v) is 2.50. The van der Waals surface area contributed by atoms with Crippen molar-refractivity contribution in [3.63, 3.8) is 0 Å². The minimum absolute atomic E-state index is 0.0640. The van der Waals surface area contributed by atoms with Gasteiger partial charge >= 0.3 is 12.1 Å². The van der Waals surface area contributed by atoms with E-state index >= 15 is 0 Å². The molecule has 1 aromatic carbocycles. The van der Waals surface area contributed by atoms with Gasteiger partial charge in [0.2, 0.25) is 5.82 Å². The van der Waals surface area contributed by atoms with Crippen molar-refractivity contribution in [3.05, 3.63) is 24.0 Å². The van der Waals surface area contributed by atoms with Crippen molar-refractivity contribution in [3.8, 4) is 5.75 Å². The predicted molar refractivity (Wildman–Crippen MR) is 58.9 cm³/mol. The summed E-state index contributed by atoms with van der Waals surface area (Å²) in [6.45, 7) is -0.821. The monoisotopic (exact) mass is 274 g/mol. The summed E-state index contributed by atoms with van der Waals surface area (Å²) < 4.78 is 44.0. The second-order valence-corrected chi connectivity index (χ2v) is 3.77. The number of hydrogen-bond donors (Lipinski definition) is 1. The Balaban J connectivity index is 2.71. The Morgan fingerprint density at radius 1 is 1.47 bits per heavy atom. The lowest BCUT2D eigenvalue weighted by Gasteiger charge is -2.09. The number of alkyl halides is 3. The first-order valence-corrected chi connectivity index (χ1v) is 5.16. The highest BCUT2D eigenvalue weighted by Gasteiger charge is 2.38. The molecule has 102 valence electrons. The average Bonchev–Trinajstić information content (AvgIpc) is 2.66. The molecular formula is C11H9F3N2O3. The number of carboxylic acids is 1. The summed E-state index contributed by atoms with van der Waals surface area (Å²) >= 11 is 0. The highest BCUT2D eigenvalue weighted by molar-refractivity contribution is 5.80. The van der Waals surface area contributed by atoms with Gasteiger partial charge in [-0.15, -0.1) is 0 Å².